The fourth-order valence-electron chi connectivity index (χ4n) is 2.27. The Bertz CT molecular complexity index is 765. The summed E-state index contributed by atoms with van der Waals surface area (Å²) in [6.45, 7) is 12.1. The molecule has 0 radical (unpaired) electrons. The van der Waals surface area contributed by atoms with Crippen LogP contribution in [-0.2, 0) is 11.4 Å². The van der Waals surface area contributed by atoms with E-state index < -0.39 is 0 Å². The number of nitrogen functional groups attached to an aromatic ring is 1. The number of benzene rings is 1. The number of hydrogen-bond acceptors (Lipinski definition) is 6. The number of carbonyl (C=O) groups excluding carboxylic acids is 1. The molecule has 0 aliphatic heterocycles. The molecular formula is C19H29N5O2S. The number of nitrogens with zero attached hydrogens (tertiary/aromatic N) is 3. The molecule has 0 spiro atoms. The van der Waals surface area contributed by atoms with Crippen molar-refractivity contribution in [3.8, 4) is 5.75 Å². The topological polar surface area (TPSA) is 95.1 Å². The van der Waals surface area contributed by atoms with Gasteiger partial charge in [0.2, 0.25) is 11.1 Å². The minimum atomic E-state index is -0.340. The average Bonchev–Trinajstić information content (AvgIpc) is 2.92. The predicted octanol–water partition coefficient (Wildman–Crippen LogP) is 3.09. The third kappa shape index (κ3) is 6.16. The van der Waals surface area contributed by atoms with Crippen LogP contribution in [0.25, 0.3) is 0 Å². The normalized spacial score (nSPS) is 12.9. The molecule has 0 unspecified atom stereocenters. The van der Waals surface area contributed by atoms with Crippen molar-refractivity contribution in [2.24, 2.45) is 0 Å². The van der Waals surface area contributed by atoms with Crippen molar-refractivity contribution in [1.29, 1.82) is 0 Å². The number of nitrogens with two attached hydrogens (primary N) is 1. The maximum Gasteiger partial charge on any atom is 0.233 e. The fourth-order valence-corrected chi connectivity index (χ4v) is 3.05. The second-order valence-electron chi connectivity index (χ2n) is 7.78. The largest absolute Gasteiger partial charge is 0.486 e. The van der Waals surface area contributed by atoms with Crippen molar-refractivity contribution in [3.63, 3.8) is 0 Å². The maximum absolute atomic E-state index is 12.2. The summed E-state index contributed by atoms with van der Waals surface area (Å²) in [5.74, 6) is 7.71. The summed E-state index contributed by atoms with van der Waals surface area (Å²) in [5, 5.41) is 11.2. The number of rotatable bonds is 7. The highest BCUT2D eigenvalue weighted by Gasteiger charge is 2.22. The van der Waals surface area contributed by atoms with Gasteiger partial charge in [0.15, 0.2) is 5.82 Å². The van der Waals surface area contributed by atoms with Gasteiger partial charge in [-0.3, -0.25) is 4.79 Å². The Morgan fingerprint density at radius 1 is 1.22 bits per heavy atom. The highest BCUT2D eigenvalue weighted by atomic mass is 32.2. The van der Waals surface area contributed by atoms with Crippen LogP contribution in [0.3, 0.4) is 0 Å². The van der Waals surface area contributed by atoms with E-state index in [4.69, 9.17) is 10.6 Å². The summed E-state index contributed by atoms with van der Waals surface area (Å²) in [7, 11) is 0. The lowest BCUT2D eigenvalue weighted by Crippen LogP contribution is -2.44. The lowest BCUT2D eigenvalue weighted by atomic mass is 10.0. The highest BCUT2D eigenvalue weighted by Crippen LogP contribution is 2.22. The molecule has 2 aromatic rings. The van der Waals surface area contributed by atoms with Crippen LogP contribution in [0.5, 0.6) is 5.75 Å². The number of carbonyl (C=O) groups is 1. The van der Waals surface area contributed by atoms with Gasteiger partial charge in [0.1, 0.15) is 12.4 Å². The maximum atomic E-state index is 12.2. The SMILES string of the molecule is CC(C)c1ccc(OCc2nnc(S[C@H](C)C(=O)NC(C)(C)C)n2N)cc1. The summed E-state index contributed by atoms with van der Waals surface area (Å²) >= 11 is 1.26. The Kier molecular flexibility index (Phi) is 6.75. The van der Waals surface area contributed by atoms with Gasteiger partial charge < -0.3 is 15.9 Å². The Hall–Kier alpha value is -2.22. The lowest BCUT2D eigenvalue weighted by molar-refractivity contribution is -0.121. The van der Waals surface area contributed by atoms with Crippen LogP contribution >= 0.6 is 11.8 Å². The third-order valence-electron chi connectivity index (χ3n) is 3.80. The Labute approximate surface area is 165 Å². The third-order valence-corrected chi connectivity index (χ3v) is 4.86. The summed E-state index contributed by atoms with van der Waals surface area (Å²) in [5.41, 5.74) is 0.970. The monoisotopic (exact) mass is 391 g/mol. The molecule has 1 amide bonds. The molecule has 1 aromatic heterocycles. The van der Waals surface area contributed by atoms with E-state index >= 15 is 0 Å². The van der Waals surface area contributed by atoms with Gasteiger partial charge in [-0.2, -0.15) is 0 Å². The van der Waals surface area contributed by atoms with Crippen molar-refractivity contribution in [2.75, 3.05) is 5.84 Å². The Morgan fingerprint density at radius 3 is 2.41 bits per heavy atom. The molecule has 0 aliphatic rings. The number of hydrogen-bond donors (Lipinski definition) is 2. The minimum Gasteiger partial charge on any atom is -0.486 e. The van der Waals surface area contributed by atoms with Gasteiger partial charge in [-0.1, -0.05) is 37.7 Å². The zero-order chi connectivity index (χ0) is 20.2. The molecule has 148 valence electrons. The first kappa shape index (κ1) is 21.1. The van der Waals surface area contributed by atoms with E-state index in [0.717, 1.165) is 5.75 Å². The van der Waals surface area contributed by atoms with E-state index in [-0.39, 0.29) is 23.3 Å². The number of nitrogens with one attached hydrogen (secondary N) is 1. The van der Waals surface area contributed by atoms with E-state index in [1.807, 2.05) is 52.0 Å². The predicted molar refractivity (Wildman–Crippen MR) is 108 cm³/mol. The van der Waals surface area contributed by atoms with Crippen LogP contribution < -0.4 is 15.9 Å². The van der Waals surface area contributed by atoms with Crippen molar-refractivity contribution in [2.45, 2.75) is 70.0 Å². The summed E-state index contributed by atoms with van der Waals surface area (Å²) in [4.78, 5) is 12.2. The van der Waals surface area contributed by atoms with E-state index in [0.29, 0.717) is 16.9 Å². The molecule has 0 aliphatic carbocycles. The molecule has 0 saturated carbocycles. The Morgan fingerprint density at radius 2 is 1.85 bits per heavy atom. The molecule has 7 nitrogen and oxygen atoms in total. The van der Waals surface area contributed by atoms with Gasteiger partial charge in [-0.15, -0.1) is 10.2 Å². The van der Waals surface area contributed by atoms with Crippen molar-refractivity contribution >= 4 is 17.7 Å². The molecular weight excluding hydrogens is 362 g/mol. The first-order valence-corrected chi connectivity index (χ1v) is 9.85. The summed E-state index contributed by atoms with van der Waals surface area (Å²) in [6, 6.07) is 7.95. The zero-order valence-electron chi connectivity index (χ0n) is 16.8. The molecule has 0 bridgehead atoms. The molecule has 27 heavy (non-hydrogen) atoms. The van der Waals surface area contributed by atoms with E-state index in [2.05, 4.69) is 29.4 Å². The number of thioether (sulfide) groups is 1. The van der Waals surface area contributed by atoms with Crippen molar-refractivity contribution in [1.82, 2.24) is 20.2 Å². The summed E-state index contributed by atoms with van der Waals surface area (Å²) < 4.78 is 7.12. The molecule has 0 fully saturated rings. The van der Waals surface area contributed by atoms with E-state index in [9.17, 15) is 4.79 Å². The van der Waals surface area contributed by atoms with Crippen LogP contribution in [0.1, 0.15) is 58.8 Å². The molecule has 2 rings (SSSR count). The molecule has 1 heterocycles. The average molecular weight is 392 g/mol. The minimum absolute atomic E-state index is 0.0708. The quantitative estimate of drug-likeness (QED) is 0.556. The first-order chi connectivity index (χ1) is 12.6. The second kappa shape index (κ2) is 8.65. The van der Waals surface area contributed by atoms with Crippen LogP contribution in [0.15, 0.2) is 29.4 Å². The van der Waals surface area contributed by atoms with E-state index in [1.54, 1.807) is 0 Å². The molecule has 3 N–H and O–H groups in total. The zero-order valence-corrected chi connectivity index (χ0v) is 17.6. The van der Waals surface area contributed by atoms with E-state index in [1.165, 1.54) is 22.0 Å². The van der Waals surface area contributed by atoms with Crippen LogP contribution in [0.2, 0.25) is 0 Å². The first-order valence-electron chi connectivity index (χ1n) is 8.97. The van der Waals surface area contributed by atoms with Gasteiger partial charge in [-0.05, 0) is 51.3 Å². The van der Waals surface area contributed by atoms with Gasteiger partial charge >= 0.3 is 0 Å². The smallest absolute Gasteiger partial charge is 0.233 e. The Balaban J connectivity index is 1.95. The van der Waals surface area contributed by atoms with Gasteiger partial charge in [-0.25, -0.2) is 4.68 Å². The molecule has 0 saturated heterocycles. The number of ether oxygens (including phenoxy) is 1. The van der Waals surface area contributed by atoms with Gasteiger partial charge in [0, 0.05) is 5.54 Å². The standard InChI is InChI=1S/C19H29N5O2S/c1-12(2)14-7-9-15(10-8-14)26-11-16-22-23-18(24(16)20)27-13(3)17(25)21-19(4,5)6/h7-10,12-13H,11,20H2,1-6H3,(H,21,25)/t13-/m1/s1. The van der Waals surface area contributed by atoms with Crippen LogP contribution in [0.4, 0.5) is 0 Å². The second-order valence-corrected chi connectivity index (χ2v) is 9.09. The fraction of sp³-hybridized carbons (Fsp3) is 0.526. The van der Waals surface area contributed by atoms with Crippen LogP contribution in [-0.4, -0.2) is 31.6 Å². The van der Waals surface area contributed by atoms with Crippen molar-refractivity contribution in [3.05, 3.63) is 35.7 Å². The molecule has 1 aromatic carbocycles. The van der Waals surface area contributed by atoms with Gasteiger partial charge in [0.25, 0.3) is 0 Å². The van der Waals surface area contributed by atoms with Gasteiger partial charge in [0.05, 0.1) is 5.25 Å². The number of amides is 1. The summed E-state index contributed by atoms with van der Waals surface area (Å²) in [6.07, 6.45) is 0. The number of aromatic nitrogens is 3. The van der Waals surface area contributed by atoms with Crippen molar-refractivity contribution < 1.29 is 9.53 Å². The molecule has 8 heteroatoms. The molecule has 1 atom stereocenters. The van der Waals surface area contributed by atoms with Crippen LogP contribution in [0, 0.1) is 0 Å². The highest BCUT2D eigenvalue weighted by molar-refractivity contribution is 8.00. The lowest BCUT2D eigenvalue weighted by Gasteiger charge is -2.22.